The van der Waals surface area contributed by atoms with Crippen LogP contribution in [0, 0.1) is 6.92 Å². The van der Waals surface area contributed by atoms with E-state index in [0.717, 1.165) is 61.9 Å². The number of rotatable bonds is 2. The van der Waals surface area contributed by atoms with E-state index in [0.29, 0.717) is 6.42 Å². The molecular formula is C31H30NO+. The van der Waals surface area contributed by atoms with Crippen molar-refractivity contribution in [1.82, 2.24) is 0 Å². The van der Waals surface area contributed by atoms with E-state index in [1.807, 2.05) is 12.1 Å². The molecule has 5 aromatic rings. The Hall–Kier alpha value is -3.39. The lowest BCUT2D eigenvalue weighted by Gasteiger charge is -2.33. The van der Waals surface area contributed by atoms with E-state index in [1.165, 1.54) is 5.56 Å². The summed E-state index contributed by atoms with van der Waals surface area (Å²) in [4.78, 5) is 0. The Bertz CT molecular complexity index is 1630. The number of hydrogen-bond acceptors (Lipinski definition) is 1. The first kappa shape index (κ1) is 18.1. The number of nitrogens with zero attached hydrogens (tertiary/aromatic N) is 1. The van der Waals surface area contributed by atoms with Crippen LogP contribution in [0.15, 0.2) is 77.3 Å². The zero-order valence-electron chi connectivity index (χ0n) is 21.7. The molecule has 0 aliphatic heterocycles. The maximum Gasteiger partial charge on any atom is 0.216 e. The summed E-state index contributed by atoms with van der Waals surface area (Å²) in [7, 11) is 2.06. The van der Waals surface area contributed by atoms with E-state index >= 15 is 0 Å². The molecule has 0 spiro atoms. The molecule has 0 radical (unpaired) electrons. The van der Waals surface area contributed by atoms with Crippen molar-refractivity contribution in [2.75, 3.05) is 0 Å². The largest absolute Gasteiger partial charge is 0.454 e. The average molecular weight is 435 g/mol. The van der Waals surface area contributed by atoms with Crippen molar-refractivity contribution in [2.24, 2.45) is 7.05 Å². The van der Waals surface area contributed by atoms with Crippen molar-refractivity contribution >= 4 is 21.9 Å². The van der Waals surface area contributed by atoms with Crippen molar-refractivity contribution < 1.29 is 11.7 Å². The summed E-state index contributed by atoms with van der Waals surface area (Å²) >= 11 is 0. The SMILES string of the molecule is [2H]C1([2H])CCC(C)(C)c2cc(-c3cccc4c3oc3c(-c5cccc[n+]5C)c(C)ccc34)ccc21. The molecule has 0 bridgehead atoms. The number of pyridine rings is 1. The van der Waals surface area contributed by atoms with Gasteiger partial charge in [0.15, 0.2) is 6.20 Å². The second kappa shape index (κ2) is 7.31. The minimum atomic E-state index is -1.29. The number of para-hydroxylation sites is 1. The second-order valence-corrected chi connectivity index (χ2v) is 9.94. The number of aryl methyl sites for hydroxylation is 3. The molecule has 3 aromatic carbocycles. The lowest BCUT2D eigenvalue weighted by molar-refractivity contribution is -0.660. The van der Waals surface area contributed by atoms with Crippen molar-refractivity contribution in [1.29, 1.82) is 0 Å². The van der Waals surface area contributed by atoms with Gasteiger partial charge in [-0.2, -0.15) is 0 Å². The van der Waals surface area contributed by atoms with Gasteiger partial charge in [-0.05, 0) is 59.9 Å². The molecule has 2 aromatic heterocycles. The predicted octanol–water partition coefficient (Wildman–Crippen LogP) is 7.67. The Balaban J connectivity index is 1.62. The first-order valence-corrected chi connectivity index (χ1v) is 11.7. The Morgan fingerprint density at radius 3 is 2.64 bits per heavy atom. The standard InChI is InChI=1S/C31H30NO/c1-20-13-16-25-24-11-7-10-23(22-15-14-21-9-8-17-31(2,3)26(21)19-22)29(24)33-30(25)28(20)27-12-5-6-18-32(27)4/h5-7,10-16,18-19H,8-9,17H2,1-4H3/q+1/i9D2. The van der Waals surface area contributed by atoms with Gasteiger partial charge in [0.1, 0.15) is 18.2 Å². The molecule has 0 saturated heterocycles. The van der Waals surface area contributed by atoms with Crippen LogP contribution in [-0.4, -0.2) is 0 Å². The Morgan fingerprint density at radius 1 is 0.939 bits per heavy atom. The molecular weight excluding hydrogens is 402 g/mol. The molecule has 2 heterocycles. The van der Waals surface area contributed by atoms with Crippen LogP contribution in [-0.2, 0) is 18.8 Å². The Labute approximate surface area is 198 Å². The van der Waals surface area contributed by atoms with E-state index < -0.39 is 6.37 Å². The van der Waals surface area contributed by atoms with Gasteiger partial charge in [-0.15, -0.1) is 0 Å². The van der Waals surface area contributed by atoms with E-state index in [1.54, 1.807) is 0 Å². The van der Waals surface area contributed by atoms with E-state index in [4.69, 9.17) is 7.16 Å². The van der Waals surface area contributed by atoms with Crippen LogP contribution >= 0.6 is 0 Å². The summed E-state index contributed by atoms with van der Waals surface area (Å²) in [6.45, 7) is 6.58. The van der Waals surface area contributed by atoms with Gasteiger partial charge < -0.3 is 4.42 Å². The van der Waals surface area contributed by atoms with Gasteiger partial charge in [0.25, 0.3) is 0 Å². The zero-order chi connectivity index (χ0) is 24.5. The third-order valence-corrected chi connectivity index (χ3v) is 7.31. The number of fused-ring (bicyclic) bond motifs is 4. The van der Waals surface area contributed by atoms with Crippen LogP contribution in [0.2, 0.25) is 0 Å². The van der Waals surface area contributed by atoms with Gasteiger partial charge >= 0.3 is 0 Å². The maximum absolute atomic E-state index is 8.55. The monoisotopic (exact) mass is 434 g/mol. The van der Waals surface area contributed by atoms with E-state index in [9.17, 15) is 0 Å². The molecule has 0 N–H and O–H groups in total. The lowest BCUT2D eigenvalue weighted by atomic mass is 9.72. The first-order valence-electron chi connectivity index (χ1n) is 12.7. The third kappa shape index (κ3) is 3.12. The molecule has 0 saturated carbocycles. The third-order valence-electron chi connectivity index (χ3n) is 7.31. The highest BCUT2D eigenvalue weighted by molar-refractivity contribution is 6.13. The van der Waals surface area contributed by atoms with Crippen LogP contribution < -0.4 is 4.57 Å². The van der Waals surface area contributed by atoms with E-state index in [2.05, 4.69) is 93.2 Å². The molecule has 0 atom stereocenters. The van der Waals surface area contributed by atoms with Crippen LogP contribution in [0.5, 0.6) is 0 Å². The molecule has 1 aliphatic carbocycles. The molecule has 0 fully saturated rings. The summed E-state index contributed by atoms with van der Waals surface area (Å²) in [6, 6.07) is 23.2. The van der Waals surface area contributed by atoms with Crippen molar-refractivity contribution in [3.8, 4) is 22.4 Å². The highest BCUT2D eigenvalue weighted by atomic mass is 16.3. The Morgan fingerprint density at radius 2 is 1.79 bits per heavy atom. The van der Waals surface area contributed by atoms with Crippen molar-refractivity contribution in [3.63, 3.8) is 0 Å². The van der Waals surface area contributed by atoms with Gasteiger partial charge in [-0.3, -0.25) is 0 Å². The maximum atomic E-state index is 8.55. The van der Waals surface area contributed by atoms with Crippen LogP contribution in [0.25, 0.3) is 44.3 Å². The van der Waals surface area contributed by atoms with Crippen LogP contribution in [0.1, 0.15) is 46.1 Å². The number of benzene rings is 3. The van der Waals surface area contributed by atoms with Crippen molar-refractivity contribution in [3.05, 3.63) is 89.6 Å². The number of furan rings is 1. The topological polar surface area (TPSA) is 17.0 Å². The molecule has 1 aliphatic rings. The molecule has 164 valence electrons. The highest BCUT2D eigenvalue weighted by Crippen LogP contribution is 2.43. The minimum absolute atomic E-state index is 0.0644. The highest BCUT2D eigenvalue weighted by Gasteiger charge is 2.28. The molecule has 0 unspecified atom stereocenters. The van der Waals surface area contributed by atoms with Gasteiger partial charge in [0.2, 0.25) is 5.69 Å². The quantitative estimate of drug-likeness (QED) is 0.261. The number of aromatic nitrogens is 1. The molecule has 0 amide bonds. The first-order chi connectivity index (χ1) is 16.7. The summed E-state index contributed by atoms with van der Waals surface area (Å²) in [6.07, 6.45) is 2.17. The van der Waals surface area contributed by atoms with E-state index in [-0.39, 0.29) is 5.41 Å². The lowest BCUT2D eigenvalue weighted by Crippen LogP contribution is -2.30. The van der Waals surface area contributed by atoms with Gasteiger partial charge in [-0.25, -0.2) is 4.57 Å². The second-order valence-electron chi connectivity index (χ2n) is 9.94. The summed E-state index contributed by atoms with van der Waals surface area (Å²) in [5.74, 6) is 0. The average Bonchev–Trinajstić information content (AvgIpc) is 3.21. The Kier molecular flexibility index (Phi) is 4.01. The summed E-state index contributed by atoms with van der Waals surface area (Å²) < 4.78 is 25.9. The van der Waals surface area contributed by atoms with Gasteiger partial charge in [0.05, 0.1) is 5.56 Å². The van der Waals surface area contributed by atoms with Gasteiger partial charge in [-0.1, -0.05) is 62.4 Å². The molecule has 2 heteroatoms. The van der Waals surface area contributed by atoms with Crippen molar-refractivity contribution in [2.45, 2.75) is 45.4 Å². The summed E-state index contributed by atoms with van der Waals surface area (Å²) in [5, 5.41) is 2.21. The molecule has 6 rings (SSSR count). The predicted molar refractivity (Wildman–Crippen MR) is 136 cm³/mol. The van der Waals surface area contributed by atoms with Crippen LogP contribution in [0.3, 0.4) is 0 Å². The number of hydrogen-bond donors (Lipinski definition) is 0. The summed E-state index contributed by atoms with van der Waals surface area (Å²) in [5.41, 5.74) is 9.18. The normalized spacial score (nSPS) is 17.6. The fourth-order valence-corrected chi connectivity index (χ4v) is 5.36. The minimum Gasteiger partial charge on any atom is -0.454 e. The fraction of sp³-hybridized carbons (Fsp3) is 0.258. The smallest absolute Gasteiger partial charge is 0.216 e. The van der Waals surface area contributed by atoms with Crippen LogP contribution in [0.4, 0.5) is 0 Å². The zero-order valence-corrected chi connectivity index (χ0v) is 19.7. The fourth-order valence-electron chi connectivity index (χ4n) is 5.36. The molecule has 2 nitrogen and oxygen atoms in total. The molecule has 33 heavy (non-hydrogen) atoms. The van der Waals surface area contributed by atoms with Gasteiger partial charge in [0, 0.05) is 31.2 Å².